The minimum absolute atomic E-state index is 0.172. The molecule has 0 saturated carbocycles. The monoisotopic (exact) mass is 774 g/mol. The summed E-state index contributed by atoms with van der Waals surface area (Å²) in [6.45, 7) is 0. The Morgan fingerprint density at radius 3 is 1.62 bits per heavy atom. The molecule has 0 N–H and O–H groups in total. The largest absolute Gasteiger partial charge is 0.309 e. The van der Waals surface area contributed by atoms with Crippen LogP contribution in [0.25, 0.3) is 99.1 Å². The van der Waals surface area contributed by atoms with E-state index in [0.717, 1.165) is 5.69 Å². The Morgan fingerprint density at radius 2 is 0.836 bits per heavy atom. The first kappa shape index (κ1) is 34.0. The number of aromatic nitrogens is 2. The Bertz CT molecular complexity index is 3680. The van der Waals surface area contributed by atoms with E-state index >= 15 is 0 Å². The lowest BCUT2D eigenvalue weighted by Crippen LogP contribution is -2.00. The normalized spacial score (nSPS) is 13.4. The summed E-state index contributed by atoms with van der Waals surface area (Å²) in [7, 11) is 0. The maximum Gasteiger partial charge on any atom is 0.0544 e. The number of benzene rings is 10. The number of fused-ring (bicyclic) bond motifs is 10. The average molecular weight is 775 g/mol. The van der Waals surface area contributed by atoms with Crippen molar-refractivity contribution in [3.05, 3.63) is 241 Å². The third-order valence-electron chi connectivity index (χ3n) is 13.2. The molecule has 2 aromatic heterocycles. The molecule has 61 heavy (non-hydrogen) atoms. The molecular formula is C59H38N2. The summed E-state index contributed by atoms with van der Waals surface area (Å²) in [6, 6.07) is 83.0. The summed E-state index contributed by atoms with van der Waals surface area (Å²) in [5.41, 5.74) is 18.7. The molecule has 2 heterocycles. The Morgan fingerprint density at radius 1 is 0.279 bits per heavy atom. The van der Waals surface area contributed by atoms with Gasteiger partial charge in [0.05, 0.1) is 22.1 Å². The van der Waals surface area contributed by atoms with E-state index in [1.54, 1.807) is 0 Å². The van der Waals surface area contributed by atoms with Crippen molar-refractivity contribution in [3.63, 3.8) is 0 Å². The molecular weight excluding hydrogens is 737 g/mol. The van der Waals surface area contributed by atoms with E-state index in [1.165, 1.54) is 110 Å². The highest BCUT2D eigenvalue weighted by Crippen LogP contribution is 2.51. The lowest BCUT2D eigenvalue weighted by Gasteiger charge is -2.15. The van der Waals surface area contributed by atoms with Gasteiger partial charge >= 0.3 is 0 Å². The molecule has 2 heteroatoms. The van der Waals surface area contributed by atoms with Gasteiger partial charge in [0, 0.05) is 38.8 Å². The zero-order chi connectivity index (χ0) is 40.0. The van der Waals surface area contributed by atoms with Gasteiger partial charge in [0.15, 0.2) is 0 Å². The van der Waals surface area contributed by atoms with Gasteiger partial charge in [-0.3, -0.25) is 0 Å². The van der Waals surface area contributed by atoms with Crippen LogP contribution in [0.15, 0.2) is 224 Å². The van der Waals surface area contributed by atoms with Gasteiger partial charge in [-0.1, -0.05) is 158 Å². The molecule has 2 nitrogen and oxygen atoms in total. The van der Waals surface area contributed by atoms with Crippen molar-refractivity contribution in [2.45, 2.75) is 5.92 Å². The van der Waals surface area contributed by atoms with E-state index in [4.69, 9.17) is 0 Å². The maximum atomic E-state index is 2.49. The van der Waals surface area contributed by atoms with Crippen LogP contribution in [0.4, 0.5) is 0 Å². The fraction of sp³-hybridized carbons (Fsp3) is 0.0169. The number of hydrogen-bond donors (Lipinski definition) is 0. The van der Waals surface area contributed by atoms with Crippen molar-refractivity contribution in [1.82, 2.24) is 9.13 Å². The van der Waals surface area contributed by atoms with Crippen LogP contribution < -0.4 is 0 Å². The van der Waals surface area contributed by atoms with Gasteiger partial charge in [-0.15, -0.1) is 0 Å². The Labute approximate surface area is 353 Å². The second kappa shape index (κ2) is 13.3. The molecule has 1 aliphatic carbocycles. The van der Waals surface area contributed by atoms with Gasteiger partial charge in [-0.2, -0.15) is 0 Å². The van der Waals surface area contributed by atoms with Gasteiger partial charge in [0.1, 0.15) is 0 Å². The van der Waals surface area contributed by atoms with E-state index in [2.05, 4.69) is 234 Å². The molecule has 0 radical (unpaired) electrons. The van der Waals surface area contributed by atoms with E-state index in [9.17, 15) is 0 Å². The summed E-state index contributed by atoms with van der Waals surface area (Å²) in [4.78, 5) is 0. The highest BCUT2D eigenvalue weighted by molar-refractivity contribution is 6.14. The lowest BCUT2D eigenvalue weighted by atomic mass is 9.89. The number of hydrogen-bond acceptors (Lipinski definition) is 0. The second-order valence-corrected chi connectivity index (χ2v) is 16.5. The second-order valence-electron chi connectivity index (χ2n) is 16.5. The van der Waals surface area contributed by atoms with E-state index in [1.807, 2.05) is 0 Å². The first-order valence-electron chi connectivity index (χ1n) is 21.2. The molecule has 10 aromatic carbocycles. The molecule has 12 aromatic rings. The van der Waals surface area contributed by atoms with Gasteiger partial charge in [0.25, 0.3) is 0 Å². The summed E-state index contributed by atoms with van der Waals surface area (Å²) in [5, 5.41) is 7.51. The standard InChI is InChI=1S/C59H38N2/c1-3-13-38(14-4-1)40-23-28-45(29-24-40)60-55-22-12-11-20-48(55)51-34-43(26-31-56(51)60)44-27-32-57-52(35-44)53-36-50-47-19-9-10-21-49(47)59(41-16-5-2-6-17-41)54(50)37-58(53)61(57)46-30-25-39-15-7-8-18-42(39)33-46/h1-37,59H. The van der Waals surface area contributed by atoms with Crippen LogP contribution in [0.5, 0.6) is 0 Å². The molecule has 0 bridgehead atoms. The van der Waals surface area contributed by atoms with Crippen LogP contribution in [-0.2, 0) is 0 Å². The zero-order valence-electron chi connectivity index (χ0n) is 33.3. The highest BCUT2D eigenvalue weighted by Gasteiger charge is 2.31. The van der Waals surface area contributed by atoms with E-state index < -0.39 is 0 Å². The third-order valence-corrected chi connectivity index (χ3v) is 13.2. The third kappa shape index (κ3) is 5.22. The molecule has 1 aliphatic rings. The molecule has 0 amide bonds. The number of nitrogens with zero attached hydrogens (tertiary/aromatic N) is 2. The molecule has 0 aliphatic heterocycles. The van der Waals surface area contributed by atoms with Crippen LogP contribution in [0.1, 0.15) is 22.6 Å². The van der Waals surface area contributed by atoms with Crippen LogP contribution in [-0.4, -0.2) is 9.13 Å². The average Bonchev–Trinajstić information content (AvgIpc) is 3.96. The fourth-order valence-corrected chi connectivity index (χ4v) is 10.4. The minimum atomic E-state index is 0.172. The van der Waals surface area contributed by atoms with Crippen molar-refractivity contribution >= 4 is 54.4 Å². The van der Waals surface area contributed by atoms with Crippen LogP contribution in [0.3, 0.4) is 0 Å². The summed E-state index contributed by atoms with van der Waals surface area (Å²) in [6.07, 6.45) is 0. The summed E-state index contributed by atoms with van der Waals surface area (Å²) >= 11 is 0. The molecule has 1 unspecified atom stereocenters. The zero-order valence-corrected chi connectivity index (χ0v) is 33.3. The molecule has 1 atom stereocenters. The summed E-state index contributed by atoms with van der Waals surface area (Å²) < 4.78 is 4.90. The van der Waals surface area contributed by atoms with Gasteiger partial charge in [-0.25, -0.2) is 0 Å². The maximum absolute atomic E-state index is 2.49. The molecule has 0 saturated heterocycles. The SMILES string of the molecule is c1ccc(-c2ccc(-n3c4ccccc4c4cc(-c5ccc6c(c5)c5cc7c(cc5n6-c5ccc6ccccc6c5)C(c5ccccc5)c5ccccc5-7)ccc43)cc2)cc1. The van der Waals surface area contributed by atoms with Crippen molar-refractivity contribution < 1.29 is 0 Å². The first-order chi connectivity index (χ1) is 30.2. The van der Waals surface area contributed by atoms with Gasteiger partial charge in [-0.05, 0) is 128 Å². The van der Waals surface area contributed by atoms with Crippen molar-refractivity contribution in [2.75, 3.05) is 0 Å². The molecule has 13 rings (SSSR count). The van der Waals surface area contributed by atoms with E-state index in [-0.39, 0.29) is 5.92 Å². The van der Waals surface area contributed by atoms with Crippen molar-refractivity contribution in [1.29, 1.82) is 0 Å². The van der Waals surface area contributed by atoms with Gasteiger partial charge in [0.2, 0.25) is 0 Å². The Hall–Kier alpha value is -7.94. The highest BCUT2D eigenvalue weighted by atomic mass is 15.0. The quantitative estimate of drug-likeness (QED) is 0.165. The van der Waals surface area contributed by atoms with Crippen LogP contribution >= 0.6 is 0 Å². The lowest BCUT2D eigenvalue weighted by molar-refractivity contribution is 1.01. The first-order valence-corrected chi connectivity index (χ1v) is 21.2. The van der Waals surface area contributed by atoms with Crippen LogP contribution in [0, 0.1) is 0 Å². The molecule has 284 valence electrons. The Balaban J connectivity index is 1.01. The molecule has 0 fully saturated rings. The predicted molar refractivity (Wildman–Crippen MR) is 256 cm³/mol. The number of rotatable bonds is 5. The molecule has 0 spiro atoms. The Kier molecular flexibility index (Phi) is 7.40. The number of para-hydroxylation sites is 1. The minimum Gasteiger partial charge on any atom is -0.309 e. The predicted octanol–water partition coefficient (Wildman–Crippen LogP) is 15.5. The topological polar surface area (TPSA) is 9.86 Å². The van der Waals surface area contributed by atoms with Gasteiger partial charge < -0.3 is 9.13 Å². The van der Waals surface area contributed by atoms with Crippen molar-refractivity contribution in [3.8, 4) is 44.8 Å². The van der Waals surface area contributed by atoms with Crippen molar-refractivity contribution in [2.24, 2.45) is 0 Å². The smallest absolute Gasteiger partial charge is 0.0544 e. The summed E-state index contributed by atoms with van der Waals surface area (Å²) in [5.74, 6) is 0.172. The fourth-order valence-electron chi connectivity index (χ4n) is 10.4. The van der Waals surface area contributed by atoms with Crippen LogP contribution in [0.2, 0.25) is 0 Å². The van der Waals surface area contributed by atoms with E-state index in [0.29, 0.717) is 0 Å².